The van der Waals surface area contributed by atoms with E-state index in [1.165, 1.54) is 18.3 Å². The first-order valence-corrected chi connectivity index (χ1v) is 7.87. The summed E-state index contributed by atoms with van der Waals surface area (Å²) < 4.78 is 32.7. The Morgan fingerprint density at radius 2 is 1.90 bits per heavy atom. The van der Waals surface area contributed by atoms with Crippen LogP contribution in [0.5, 0.6) is 5.88 Å². The van der Waals surface area contributed by atoms with Crippen LogP contribution in [0, 0.1) is 0 Å². The molecule has 0 radical (unpaired) electrons. The molecule has 0 aliphatic carbocycles. The molecule has 6 nitrogen and oxygen atoms in total. The summed E-state index contributed by atoms with van der Waals surface area (Å²) >= 11 is 0. The molecule has 0 aliphatic rings. The number of pyridine rings is 1. The van der Waals surface area contributed by atoms with Crippen molar-refractivity contribution in [3.8, 4) is 5.88 Å². The predicted molar refractivity (Wildman–Crippen MR) is 81.7 cm³/mol. The first kappa shape index (κ1) is 15.1. The van der Waals surface area contributed by atoms with Crippen LogP contribution in [0.3, 0.4) is 0 Å². The van der Waals surface area contributed by atoms with Crippen molar-refractivity contribution >= 4 is 21.4 Å². The fourth-order valence-electron chi connectivity index (χ4n) is 1.71. The summed E-state index contributed by atoms with van der Waals surface area (Å²) in [6.45, 7) is 3.67. The molecular formula is C14H17N3O3S. The highest BCUT2D eigenvalue weighted by Gasteiger charge is 2.19. The van der Waals surface area contributed by atoms with E-state index >= 15 is 0 Å². The van der Waals surface area contributed by atoms with Gasteiger partial charge in [0.15, 0.2) is 0 Å². The summed E-state index contributed by atoms with van der Waals surface area (Å²) in [6.07, 6.45) is 1.41. The third-order valence-corrected chi connectivity index (χ3v) is 4.01. The van der Waals surface area contributed by atoms with Crippen LogP contribution in [0.15, 0.2) is 47.5 Å². The molecule has 2 rings (SSSR count). The molecule has 7 heteroatoms. The van der Waals surface area contributed by atoms with Gasteiger partial charge in [-0.1, -0.05) is 12.1 Å². The molecule has 0 saturated heterocycles. The Labute approximate surface area is 124 Å². The molecule has 0 amide bonds. The van der Waals surface area contributed by atoms with Gasteiger partial charge in [-0.2, -0.15) is 0 Å². The van der Waals surface area contributed by atoms with Gasteiger partial charge in [-0.25, -0.2) is 13.4 Å². The second-order valence-electron chi connectivity index (χ2n) is 4.67. The number of hydrogen-bond acceptors (Lipinski definition) is 5. The zero-order chi connectivity index (χ0) is 15.5. The molecule has 0 unspecified atom stereocenters. The summed E-state index contributed by atoms with van der Waals surface area (Å²) in [4.78, 5) is 4.06. The second-order valence-corrected chi connectivity index (χ2v) is 6.32. The molecule has 0 saturated carbocycles. The molecule has 1 aromatic carbocycles. The molecule has 0 aliphatic heterocycles. The fourth-order valence-corrected chi connectivity index (χ4v) is 2.90. The maximum absolute atomic E-state index is 12.4. The zero-order valence-electron chi connectivity index (χ0n) is 11.8. The maximum Gasteiger partial charge on any atom is 0.264 e. The predicted octanol–water partition coefficient (Wildman–Crippen LogP) is 2.25. The van der Waals surface area contributed by atoms with Crippen LogP contribution < -0.4 is 15.2 Å². The van der Waals surface area contributed by atoms with Crippen molar-refractivity contribution in [2.75, 3.05) is 10.5 Å². The number of nitrogens with two attached hydrogens (primary N) is 1. The number of anilines is 2. The molecule has 3 N–H and O–H groups in total. The minimum Gasteiger partial charge on any atom is -0.473 e. The van der Waals surface area contributed by atoms with Crippen molar-refractivity contribution in [2.24, 2.45) is 0 Å². The largest absolute Gasteiger partial charge is 0.473 e. The lowest BCUT2D eigenvalue weighted by Gasteiger charge is -2.15. The first-order chi connectivity index (χ1) is 9.90. The van der Waals surface area contributed by atoms with Gasteiger partial charge in [-0.05, 0) is 38.1 Å². The van der Waals surface area contributed by atoms with Gasteiger partial charge in [0.2, 0.25) is 5.88 Å². The average molecular weight is 307 g/mol. The fraction of sp³-hybridized carbons (Fsp3) is 0.214. The van der Waals surface area contributed by atoms with E-state index < -0.39 is 10.0 Å². The number of aromatic nitrogens is 1. The summed E-state index contributed by atoms with van der Waals surface area (Å²) in [7, 11) is -3.80. The Hall–Kier alpha value is -2.28. The molecule has 0 atom stereocenters. The van der Waals surface area contributed by atoms with Gasteiger partial charge in [0, 0.05) is 6.20 Å². The Bertz CT molecular complexity index is 730. The average Bonchev–Trinajstić information content (AvgIpc) is 2.40. The van der Waals surface area contributed by atoms with E-state index in [0.29, 0.717) is 0 Å². The van der Waals surface area contributed by atoms with Crippen LogP contribution in [0.2, 0.25) is 0 Å². The zero-order valence-corrected chi connectivity index (χ0v) is 12.6. The lowest BCUT2D eigenvalue weighted by atomic mass is 10.3. The van der Waals surface area contributed by atoms with Gasteiger partial charge in [0.25, 0.3) is 10.0 Å². The van der Waals surface area contributed by atoms with Crippen molar-refractivity contribution < 1.29 is 13.2 Å². The van der Waals surface area contributed by atoms with E-state index in [-0.39, 0.29) is 28.3 Å². The maximum atomic E-state index is 12.4. The lowest BCUT2D eigenvalue weighted by Crippen LogP contribution is -2.17. The van der Waals surface area contributed by atoms with E-state index in [9.17, 15) is 8.42 Å². The number of ether oxygens (including phenoxy) is 1. The normalized spacial score (nSPS) is 11.4. The van der Waals surface area contributed by atoms with Gasteiger partial charge in [0.1, 0.15) is 10.6 Å². The minimum atomic E-state index is -3.80. The van der Waals surface area contributed by atoms with Gasteiger partial charge in [0.05, 0.1) is 11.8 Å². The van der Waals surface area contributed by atoms with Crippen LogP contribution in [-0.4, -0.2) is 19.5 Å². The number of sulfonamides is 1. The quantitative estimate of drug-likeness (QED) is 0.826. The monoisotopic (exact) mass is 307 g/mol. The second kappa shape index (κ2) is 6.01. The highest BCUT2D eigenvalue weighted by Crippen LogP contribution is 2.26. The number of nitrogens with zero attached hydrogens (tertiary/aromatic N) is 1. The van der Waals surface area contributed by atoms with E-state index in [1.54, 1.807) is 24.3 Å². The summed E-state index contributed by atoms with van der Waals surface area (Å²) in [5.41, 5.74) is 6.17. The molecule has 21 heavy (non-hydrogen) atoms. The number of para-hydroxylation sites is 1. The van der Waals surface area contributed by atoms with Gasteiger partial charge < -0.3 is 10.5 Å². The van der Waals surface area contributed by atoms with Crippen LogP contribution in [0.1, 0.15) is 13.8 Å². The van der Waals surface area contributed by atoms with E-state index in [1.807, 2.05) is 13.8 Å². The highest BCUT2D eigenvalue weighted by molar-refractivity contribution is 7.92. The molecule has 112 valence electrons. The summed E-state index contributed by atoms with van der Waals surface area (Å²) in [5.74, 6) is 0.227. The summed E-state index contributed by atoms with van der Waals surface area (Å²) in [6, 6.07) is 9.46. The molecule has 2 aromatic rings. The van der Waals surface area contributed by atoms with E-state index in [2.05, 4.69) is 9.71 Å². The Morgan fingerprint density at radius 3 is 2.57 bits per heavy atom. The van der Waals surface area contributed by atoms with Gasteiger partial charge >= 0.3 is 0 Å². The van der Waals surface area contributed by atoms with Crippen molar-refractivity contribution in [3.05, 3.63) is 42.6 Å². The van der Waals surface area contributed by atoms with Crippen molar-refractivity contribution in [1.29, 1.82) is 0 Å². The SMILES string of the molecule is CC(C)Oc1ncccc1NS(=O)(=O)c1ccccc1N. The van der Waals surface area contributed by atoms with E-state index in [0.717, 1.165) is 0 Å². The third-order valence-electron chi connectivity index (χ3n) is 2.57. The smallest absolute Gasteiger partial charge is 0.264 e. The van der Waals surface area contributed by atoms with Crippen LogP contribution in [0.25, 0.3) is 0 Å². The lowest BCUT2D eigenvalue weighted by molar-refractivity contribution is 0.234. The topological polar surface area (TPSA) is 94.3 Å². The number of benzene rings is 1. The number of nitrogens with one attached hydrogen (secondary N) is 1. The Kier molecular flexibility index (Phi) is 4.32. The van der Waals surface area contributed by atoms with Gasteiger partial charge in [-0.15, -0.1) is 0 Å². The molecule has 0 fully saturated rings. The third kappa shape index (κ3) is 3.63. The Balaban J connectivity index is 2.36. The molecular weight excluding hydrogens is 290 g/mol. The minimum absolute atomic E-state index is 0.0179. The standard InChI is InChI=1S/C14H17N3O3S/c1-10(2)20-14-12(7-5-9-16-14)17-21(18,19)13-8-4-3-6-11(13)15/h3-10,17H,15H2,1-2H3. The number of nitrogen functional groups attached to an aromatic ring is 1. The first-order valence-electron chi connectivity index (χ1n) is 6.39. The van der Waals surface area contributed by atoms with Crippen molar-refractivity contribution in [2.45, 2.75) is 24.8 Å². The molecule has 1 aromatic heterocycles. The van der Waals surface area contributed by atoms with E-state index in [4.69, 9.17) is 10.5 Å². The summed E-state index contributed by atoms with van der Waals surface area (Å²) in [5, 5.41) is 0. The Morgan fingerprint density at radius 1 is 1.19 bits per heavy atom. The molecule has 0 bridgehead atoms. The molecule has 0 spiro atoms. The van der Waals surface area contributed by atoms with Crippen molar-refractivity contribution in [3.63, 3.8) is 0 Å². The van der Waals surface area contributed by atoms with Gasteiger partial charge in [-0.3, -0.25) is 4.72 Å². The molecule has 1 heterocycles. The number of hydrogen-bond donors (Lipinski definition) is 2. The van der Waals surface area contributed by atoms with Crippen LogP contribution in [-0.2, 0) is 10.0 Å². The van der Waals surface area contributed by atoms with Crippen molar-refractivity contribution in [1.82, 2.24) is 4.98 Å². The van der Waals surface area contributed by atoms with Crippen LogP contribution in [0.4, 0.5) is 11.4 Å². The van der Waals surface area contributed by atoms with Crippen LogP contribution >= 0.6 is 0 Å². The highest BCUT2D eigenvalue weighted by atomic mass is 32.2. The number of rotatable bonds is 5.